The van der Waals surface area contributed by atoms with Crippen LogP contribution in [0.3, 0.4) is 0 Å². The molecule has 0 aromatic heterocycles. The maximum atomic E-state index is 12.1. The average Bonchev–Trinajstić information content (AvgIpc) is 2.82. The third kappa shape index (κ3) is 6.32. The first-order valence-corrected chi connectivity index (χ1v) is 12.5. The van der Waals surface area contributed by atoms with Crippen molar-refractivity contribution in [2.45, 2.75) is 49.7 Å². The van der Waals surface area contributed by atoms with Crippen molar-refractivity contribution in [1.29, 1.82) is 5.26 Å². The van der Waals surface area contributed by atoms with Gasteiger partial charge in [0.2, 0.25) is 15.9 Å². The zero-order valence-corrected chi connectivity index (χ0v) is 19.9. The Morgan fingerprint density at radius 1 is 1.24 bits per heavy atom. The first-order valence-electron chi connectivity index (χ1n) is 11.0. The standard InChI is InChI=1S/C24H31N5O3S/c1-18(14-24(26)30)28-12-10-22(11-13-28)29(17-20-5-3-4-19(15-20)16-25)21-6-8-23(9-7-21)33(31,32)27-2/h3-9,15,18,22,27H,10-14,17H2,1-2H3,(H2,26,30). The van der Waals surface area contributed by atoms with E-state index < -0.39 is 10.0 Å². The smallest absolute Gasteiger partial charge is 0.240 e. The van der Waals surface area contributed by atoms with Crippen LogP contribution in [0.5, 0.6) is 0 Å². The molecule has 176 valence electrons. The van der Waals surface area contributed by atoms with Crippen LogP contribution in [0.4, 0.5) is 5.69 Å². The maximum absolute atomic E-state index is 12.1. The monoisotopic (exact) mass is 469 g/mol. The highest BCUT2D eigenvalue weighted by Crippen LogP contribution is 2.28. The molecule has 0 aliphatic carbocycles. The van der Waals surface area contributed by atoms with E-state index in [-0.39, 0.29) is 22.9 Å². The molecule has 33 heavy (non-hydrogen) atoms. The Balaban J connectivity index is 1.83. The summed E-state index contributed by atoms with van der Waals surface area (Å²) >= 11 is 0. The molecule has 1 unspecified atom stereocenters. The van der Waals surface area contributed by atoms with E-state index in [0.717, 1.165) is 37.2 Å². The molecule has 8 nitrogen and oxygen atoms in total. The second-order valence-electron chi connectivity index (χ2n) is 8.43. The number of hydrogen-bond acceptors (Lipinski definition) is 6. The molecule has 1 saturated heterocycles. The maximum Gasteiger partial charge on any atom is 0.240 e. The van der Waals surface area contributed by atoms with E-state index in [1.54, 1.807) is 18.2 Å². The minimum absolute atomic E-state index is 0.107. The second kappa shape index (κ2) is 10.8. The number of carbonyl (C=O) groups excluding carboxylic acids is 1. The summed E-state index contributed by atoms with van der Waals surface area (Å²) in [5.41, 5.74) is 7.93. The number of sulfonamides is 1. The van der Waals surface area contributed by atoms with Gasteiger partial charge in [0.15, 0.2) is 0 Å². The Kier molecular flexibility index (Phi) is 8.08. The first-order chi connectivity index (χ1) is 15.7. The molecule has 1 heterocycles. The van der Waals surface area contributed by atoms with Crippen molar-refractivity contribution >= 4 is 21.6 Å². The number of primary amides is 1. The number of hydrogen-bond donors (Lipinski definition) is 2. The Morgan fingerprint density at radius 3 is 2.48 bits per heavy atom. The minimum Gasteiger partial charge on any atom is -0.370 e. The number of anilines is 1. The summed E-state index contributed by atoms with van der Waals surface area (Å²) in [6.45, 7) is 4.33. The van der Waals surface area contributed by atoms with Crippen LogP contribution in [-0.2, 0) is 21.4 Å². The van der Waals surface area contributed by atoms with Gasteiger partial charge in [-0.2, -0.15) is 5.26 Å². The van der Waals surface area contributed by atoms with E-state index in [1.165, 1.54) is 7.05 Å². The molecule has 2 aromatic rings. The number of nitrogens with one attached hydrogen (secondary N) is 1. The third-order valence-corrected chi connectivity index (χ3v) is 7.65. The normalized spacial score (nSPS) is 16.2. The minimum atomic E-state index is -3.51. The van der Waals surface area contributed by atoms with Crippen molar-refractivity contribution in [3.8, 4) is 6.07 Å². The van der Waals surface area contributed by atoms with Crippen LogP contribution in [-0.4, -0.2) is 51.4 Å². The summed E-state index contributed by atoms with van der Waals surface area (Å²) in [7, 11) is -2.12. The fourth-order valence-corrected chi connectivity index (χ4v) is 5.09. The first kappa shape index (κ1) is 24.7. The average molecular weight is 470 g/mol. The predicted octanol–water partition coefficient (Wildman–Crippen LogP) is 2.20. The molecule has 1 atom stereocenters. The highest BCUT2D eigenvalue weighted by molar-refractivity contribution is 7.89. The second-order valence-corrected chi connectivity index (χ2v) is 10.3. The molecule has 0 radical (unpaired) electrons. The third-order valence-electron chi connectivity index (χ3n) is 6.22. The summed E-state index contributed by atoms with van der Waals surface area (Å²) in [5, 5.41) is 9.27. The Hall–Kier alpha value is -2.93. The van der Waals surface area contributed by atoms with Gasteiger partial charge in [0.25, 0.3) is 0 Å². The lowest BCUT2D eigenvalue weighted by molar-refractivity contribution is -0.119. The van der Waals surface area contributed by atoms with Gasteiger partial charge in [-0.15, -0.1) is 0 Å². The highest BCUT2D eigenvalue weighted by Gasteiger charge is 2.28. The van der Waals surface area contributed by atoms with E-state index in [1.807, 2.05) is 37.3 Å². The molecule has 3 rings (SSSR count). The van der Waals surface area contributed by atoms with Gasteiger partial charge in [0.05, 0.1) is 16.5 Å². The highest BCUT2D eigenvalue weighted by atomic mass is 32.2. The molecule has 9 heteroatoms. The molecule has 0 bridgehead atoms. The van der Waals surface area contributed by atoms with Crippen molar-refractivity contribution in [3.63, 3.8) is 0 Å². The van der Waals surface area contributed by atoms with Crippen LogP contribution in [0.1, 0.15) is 37.3 Å². The Bertz CT molecular complexity index is 1100. The molecular weight excluding hydrogens is 438 g/mol. The quantitative estimate of drug-likeness (QED) is 0.581. The molecule has 0 saturated carbocycles. The van der Waals surface area contributed by atoms with Crippen LogP contribution in [0.25, 0.3) is 0 Å². The number of amides is 1. The van der Waals surface area contributed by atoms with Crippen molar-refractivity contribution < 1.29 is 13.2 Å². The topological polar surface area (TPSA) is 120 Å². The Morgan fingerprint density at radius 2 is 1.91 bits per heavy atom. The molecule has 2 aromatic carbocycles. The van der Waals surface area contributed by atoms with Crippen molar-refractivity contribution in [2.24, 2.45) is 5.73 Å². The Labute approximate surface area is 196 Å². The van der Waals surface area contributed by atoms with E-state index in [0.29, 0.717) is 18.5 Å². The van der Waals surface area contributed by atoms with E-state index in [9.17, 15) is 18.5 Å². The van der Waals surface area contributed by atoms with Crippen molar-refractivity contribution in [1.82, 2.24) is 9.62 Å². The van der Waals surface area contributed by atoms with Gasteiger partial charge in [-0.3, -0.25) is 9.69 Å². The van der Waals surface area contributed by atoms with Gasteiger partial charge in [0, 0.05) is 43.8 Å². The largest absolute Gasteiger partial charge is 0.370 e. The molecule has 0 spiro atoms. The zero-order chi connectivity index (χ0) is 24.0. The molecule has 1 fully saturated rings. The number of benzene rings is 2. The number of likely N-dealkylation sites (tertiary alicyclic amines) is 1. The lowest BCUT2D eigenvalue weighted by Crippen LogP contribution is -2.48. The van der Waals surface area contributed by atoms with Crippen LogP contribution in [0, 0.1) is 11.3 Å². The number of piperidine rings is 1. The predicted molar refractivity (Wildman–Crippen MR) is 128 cm³/mol. The lowest BCUT2D eigenvalue weighted by Gasteiger charge is -2.41. The van der Waals surface area contributed by atoms with Crippen LogP contribution in [0.15, 0.2) is 53.4 Å². The summed E-state index contributed by atoms with van der Waals surface area (Å²) in [5.74, 6) is -0.291. The summed E-state index contributed by atoms with van der Waals surface area (Å²) < 4.78 is 26.6. The van der Waals surface area contributed by atoms with Crippen LogP contribution in [0.2, 0.25) is 0 Å². The summed E-state index contributed by atoms with van der Waals surface area (Å²) in [4.78, 5) is 16.1. The summed E-state index contributed by atoms with van der Waals surface area (Å²) in [6, 6.07) is 17.0. The fourth-order valence-electron chi connectivity index (χ4n) is 4.36. The van der Waals surface area contributed by atoms with E-state index in [2.05, 4.69) is 20.6 Å². The molecule has 1 aliphatic heterocycles. The molecule has 1 aliphatic rings. The van der Waals surface area contributed by atoms with E-state index in [4.69, 9.17) is 5.73 Å². The van der Waals surface area contributed by atoms with Gasteiger partial charge in [-0.05, 0) is 68.8 Å². The van der Waals surface area contributed by atoms with Crippen LogP contribution < -0.4 is 15.4 Å². The number of nitrogens with two attached hydrogens (primary N) is 1. The van der Waals surface area contributed by atoms with Gasteiger partial charge in [-0.1, -0.05) is 12.1 Å². The van der Waals surface area contributed by atoms with Gasteiger partial charge >= 0.3 is 0 Å². The van der Waals surface area contributed by atoms with Crippen molar-refractivity contribution in [3.05, 3.63) is 59.7 Å². The SMILES string of the molecule is CNS(=O)(=O)c1ccc(N(Cc2cccc(C#N)c2)C2CCN(C(C)CC(N)=O)CC2)cc1. The van der Waals surface area contributed by atoms with Gasteiger partial charge in [-0.25, -0.2) is 13.1 Å². The molecule has 3 N–H and O–H groups in total. The number of nitriles is 1. The molecular formula is C24H31N5O3S. The van der Waals surface area contributed by atoms with Gasteiger partial charge < -0.3 is 10.6 Å². The number of rotatable bonds is 9. The molecule has 1 amide bonds. The number of nitrogens with zero attached hydrogens (tertiary/aromatic N) is 3. The van der Waals surface area contributed by atoms with Crippen LogP contribution >= 0.6 is 0 Å². The zero-order valence-electron chi connectivity index (χ0n) is 19.1. The summed E-state index contributed by atoms with van der Waals surface area (Å²) in [6.07, 6.45) is 2.14. The van der Waals surface area contributed by atoms with E-state index >= 15 is 0 Å². The lowest BCUT2D eigenvalue weighted by atomic mass is 9.99. The fraction of sp³-hybridized carbons (Fsp3) is 0.417. The van der Waals surface area contributed by atoms with Crippen molar-refractivity contribution in [2.75, 3.05) is 25.0 Å². The number of carbonyl (C=O) groups is 1. The van der Waals surface area contributed by atoms with Gasteiger partial charge in [0.1, 0.15) is 0 Å².